The van der Waals surface area contributed by atoms with Gasteiger partial charge in [-0.15, -0.1) is 0 Å². The van der Waals surface area contributed by atoms with E-state index in [1.54, 1.807) is 6.92 Å². The first kappa shape index (κ1) is 12.8. The molecule has 0 spiro atoms. The highest BCUT2D eigenvalue weighted by Crippen LogP contribution is 2.15. The highest BCUT2D eigenvalue weighted by molar-refractivity contribution is 5.99. The number of pyridine rings is 1. The molecule has 0 aliphatic heterocycles. The Labute approximate surface area is 98.3 Å². The highest BCUT2D eigenvalue weighted by Gasteiger charge is 2.16. The SMILES string of the molecule is COc1cnccc1C(=O)NC(C)/C(N)=N/O. The molecule has 0 radical (unpaired) electrons. The smallest absolute Gasteiger partial charge is 0.255 e. The lowest BCUT2D eigenvalue weighted by molar-refractivity contribution is 0.0945. The van der Waals surface area contributed by atoms with E-state index in [0.29, 0.717) is 11.3 Å². The van der Waals surface area contributed by atoms with Gasteiger partial charge in [0.15, 0.2) is 5.84 Å². The number of hydrogen-bond acceptors (Lipinski definition) is 5. The maximum Gasteiger partial charge on any atom is 0.255 e. The number of ether oxygens (including phenoxy) is 1. The molecule has 1 unspecified atom stereocenters. The fourth-order valence-electron chi connectivity index (χ4n) is 1.17. The van der Waals surface area contributed by atoms with Crippen molar-refractivity contribution in [3.63, 3.8) is 0 Å². The molecule has 0 aliphatic rings. The van der Waals surface area contributed by atoms with Crippen LogP contribution in [-0.2, 0) is 0 Å². The number of nitrogens with zero attached hydrogens (tertiary/aromatic N) is 2. The van der Waals surface area contributed by atoms with Crippen molar-refractivity contribution < 1.29 is 14.7 Å². The van der Waals surface area contributed by atoms with E-state index >= 15 is 0 Å². The molecule has 1 amide bonds. The van der Waals surface area contributed by atoms with E-state index in [-0.39, 0.29) is 11.7 Å². The average molecular weight is 238 g/mol. The number of carbonyl (C=O) groups is 1. The van der Waals surface area contributed by atoms with Crippen LogP contribution in [0.4, 0.5) is 0 Å². The lowest BCUT2D eigenvalue weighted by Crippen LogP contribution is -2.42. The summed E-state index contributed by atoms with van der Waals surface area (Å²) in [6, 6.07) is 0.943. The van der Waals surface area contributed by atoms with Crippen molar-refractivity contribution >= 4 is 11.7 Å². The van der Waals surface area contributed by atoms with E-state index in [9.17, 15) is 4.79 Å². The standard InChI is InChI=1S/C10H14N4O3/c1-6(9(11)14-16)13-10(15)7-3-4-12-5-8(7)17-2/h3-6,16H,1-2H3,(H2,11,14)(H,13,15). The van der Waals surface area contributed by atoms with Crippen LogP contribution in [0.15, 0.2) is 23.6 Å². The predicted octanol–water partition coefficient (Wildman–Crippen LogP) is -0.0451. The molecule has 7 heteroatoms. The molecule has 92 valence electrons. The topological polar surface area (TPSA) is 110 Å². The molecule has 0 bridgehead atoms. The van der Waals surface area contributed by atoms with Crippen molar-refractivity contribution in [3.05, 3.63) is 24.0 Å². The normalized spacial score (nSPS) is 12.9. The van der Waals surface area contributed by atoms with Crippen LogP contribution in [0.25, 0.3) is 0 Å². The van der Waals surface area contributed by atoms with Crippen LogP contribution in [0.1, 0.15) is 17.3 Å². The number of methoxy groups -OCH3 is 1. The van der Waals surface area contributed by atoms with Gasteiger partial charge in [-0.1, -0.05) is 5.16 Å². The van der Waals surface area contributed by atoms with Crippen LogP contribution in [0, 0.1) is 0 Å². The Kier molecular flexibility index (Phi) is 4.27. The lowest BCUT2D eigenvalue weighted by atomic mass is 10.2. The summed E-state index contributed by atoms with van der Waals surface area (Å²) in [6.45, 7) is 1.60. The quantitative estimate of drug-likeness (QED) is 0.295. The molecular weight excluding hydrogens is 224 g/mol. The molecule has 1 aromatic heterocycles. The van der Waals surface area contributed by atoms with E-state index in [1.807, 2.05) is 0 Å². The number of amidine groups is 1. The second-order valence-electron chi connectivity index (χ2n) is 3.30. The number of rotatable bonds is 4. The minimum absolute atomic E-state index is 0.0774. The van der Waals surface area contributed by atoms with Gasteiger partial charge in [0.05, 0.1) is 24.9 Å². The molecule has 1 atom stereocenters. The molecule has 4 N–H and O–H groups in total. The number of nitrogens with one attached hydrogen (secondary N) is 1. The number of hydrogen-bond donors (Lipinski definition) is 3. The van der Waals surface area contributed by atoms with Gasteiger partial charge in [-0.2, -0.15) is 0 Å². The third-order valence-corrected chi connectivity index (χ3v) is 2.16. The van der Waals surface area contributed by atoms with Gasteiger partial charge in [-0.05, 0) is 13.0 Å². The summed E-state index contributed by atoms with van der Waals surface area (Å²) in [5.74, 6) is -0.105. The summed E-state index contributed by atoms with van der Waals surface area (Å²) >= 11 is 0. The average Bonchev–Trinajstić information content (AvgIpc) is 2.37. The van der Waals surface area contributed by atoms with Crippen molar-refractivity contribution in [2.24, 2.45) is 10.9 Å². The fourth-order valence-corrected chi connectivity index (χ4v) is 1.17. The van der Waals surface area contributed by atoms with E-state index in [4.69, 9.17) is 15.7 Å². The molecule has 1 rings (SSSR count). The minimum Gasteiger partial charge on any atom is -0.494 e. The third-order valence-electron chi connectivity index (χ3n) is 2.16. The van der Waals surface area contributed by atoms with Gasteiger partial charge in [-0.3, -0.25) is 9.78 Å². The molecule has 17 heavy (non-hydrogen) atoms. The van der Waals surface area contributed by atoms with Crippen LogP contribution >= 0.6 is 0 Å². The zero-order valence-corrected chi connectivity index (χ0v) is 9.54. The molecule has 7 nitrogen and oxygen atoms in total. The number of aromatic nitrogens is 1. The predicted molar refractivity (Wildman–Crippen MR) is 61.1 cm³/mol. The van der Waals surface area contributed by atoms with Crippen LogP contribution in [0.5, 0.6) is 5.75 Å². The number of nitrogens with two attached hydrogens (primary N) is 1. The fraction of sp³-hybridized carbons (Fsp3) is 0.300. The number of carbonyl (C=O) groups excluding carboxylic acids is 1. The summed E-state index contributed by atoms with van der Waals surface area (Å²) in [4.78, 5) is 15.7. The van der Waals surface area contributed by atoms with E-state index < -0.39 is 6.04 Å². The number of oxime groups is 1. The molecule has 0 fully saturated rings. The van der Waals surface area contributed by atoms with Crippen molar-refractivity contribution in [2.45, 2.75) is 13.0 Å². The van der Waals surface area contributed by atoms with Crippen LogP contribution in [0.3, 0.4) is 0 Å². The minimum atomic E-state index is -0.578. The Hall–Kier alpha value is -2.31. The second-order valence-corrected chi connectivity index (χ2v) is 3.30. The Morgan fingerprint density at radius 1 is 1.71 bits per heavy atom. The van der Waals surface area contributed by atoms with Crippen LogP contribution < -0.4 is 15.8 Å². The lowest BCUT2D eigenvalue weighted by Gasteiger charge is -2.13. The van der Waals surface area contributed by atoms with Gasteiger partial charge in [-0.25, -0.2) is 0 Å². The summed E-state index contributed by atoms with van der Waals surface area (Å²) < 4.78 is 5.00. The van der Waals surface area contributed by atoms with Crippen LogP contribution in [-0.4, -0.2) is 35.1 Å². The van der Waals surface area contributed by atoms with Crippen molar-refractivity contribution in [3.8, 4) is 5.75 Å². The van der Waals surface area contributed by atoms with Gasteiger partial charge in [0, 0.05) is 6.20 Å². The van der Waals surface area contributed by atoms with E-state index in [0.717, 1.165) is 0 Å². The zero-order valence-electron chi connectivity index (χ0n) is 9.54. The molecule has 0 aliphatic carbocycles. The first-order chi connectivity index (χ1) is 8.10. The van der Waals surface area contributed by atoms with Gasteiger partial charge in [0.2, 0.25) is 0 Å². The molecule has 1 aromatic rings. The third kappa shape index (κ3) is 3.07. The van der Waals surface area contributed by atoms with Gasteiger partial charge in [0.1, 0.15) is 5.75 Å². The Balaban J connectivity index is 2.83. The second kappa shape index (κ2) is 5.69. The Morgan fingerprint density at radius 3 is 3.00 bits per heavy atom. The molecular formula is C10H14N4O3. The molecule has 0 saturated carbocycles. The Morgan fingerprint density at radius 2 is 2.41 bits per heavy atom. The van der Waals surface area contributed by atoms with Gasteiger partial charge in [0.25, 0.3) is 5.91 Å². The highest BCUT2D eigenvalue weighted by atomic mass is 16.5. The van der Waals surface area contributed by atoms with Crippen LogP contribution in [0.2, 0.25) is 0 Å². The van der Waals surface area contributed by atoms with E-state index in [2.05, 4.69) is 15.5 Å². The largest absolute Gasteiger partial charge is 0.494 e. The zero-order chi connectivity index (χ0) is 12.8. The molecule has 0 aromatic carbocycles. The summed E-state index contributed by atoms with van der Waals surface area (Å²) in [7, 11) is 1.45. The molecule has 0 saturated heterocycles. The monoisotopic (exact) mass is 238 g/mol. The van der Waals surface area contributed by atoms with E-state index in [1.165, 1.54) is 25.6 Å². The van der Waals surface area contributed by atoms with Gasteiger partial charge >= 0.3 is 0 Å². The maximum atomic E-state index is 11.8. The van der Waals surface area contributed by atoms with Crippen molar-refractivity contribution in [1.82, 2.24) is 10.3 Å². The summed E-state index contributed by atoms with van der Waals surface area (Å²) in [5, 5.41) is 13.8. The van der Waals surface area contributed by atoms with Gasteiger partial charge < -0.3 is 21.0 Å². The maximum absolute atomic E-state index is 11.8. The summed E-state index contributed by atoms with van der Waals surface area (Å²) in [5.41, 5.74) is 5.69. The number of amides is 1. The van der Waals surface area contributed by atoms with Crippen molar-refractivity contribution in [1.29, 1.82) is 0 Å². The Bertz CT molecular complexity index is 433. The summed E-state index contributed by atoms with van der Waals surface area (Å²) in [6.07, 6.45) is 2.91. The van der Waals surface area contributed by atoms with Crippen molar-refractivity contribution in [2.75, 3.05) is 7.11 Å². The molecule has 1 heterocycles. The first-order valence-corrected chi connectivity index (χ1v) is 4.86. The first-order valence-electron chi connectivity index (χ1n) is 4.86.